The van der Waals surface area contributed by atoms with Gasteiger partial charge in [-0.15, -0.1) is 11.3 Å². The molecule has 2 aliphatic heterocycles. The van der Waals surface area contributed by atoms with Crippen molar-refractivity contribution in [2.75, 3.05) is 18.0 Å². The summed E-state index contributed by atoms with van der Waals surface area (Å²) >= 11 is 1.66. The molecule has 0 saturated carbocycles. The first-order valence-corrected chi connectivity index (χ1v) is 10.5. The smallest absolute Gasteiger partial charge is 0.262 e. The van der Waals surface area contributed by atoms with Gasteiger partial charge in [0.2, 0.25) is 0 Å². The van der Waals surface area contributed by atoms with Gasteiger partial charge in [-0.2, -0.15) is 5.10 Å². The largest absolute Gasteiger partial charge is 0.463 e. The predicted molar refractivity (Wildman–Crippen MR) is 111 cm³/mol. The highest BCUT2D eigenvalue weighted by Crippen LogP contribution is 2.36. The van der Waals surface area contributed by atoms with Crippen LogP contribution in [0.1, 0.15) is 35.1 Å². The molecule has 0 saturated heterocycles. The second kappa shape index (κ2) is 7.28. The summed E-state index contributed by atoms with van der Waals surface area (Å²) in [6.07, 6.45) is 4.46. The van der Waals surface area contributed by atoms with Crippen LogP contribution in [0.2, 0.25) is 0 Å². The number of thiophene rings is 1. The van der Waals surface area contributed by atoms with E-state index in [0.717, 1.165) is 35.7 Å². The molecule has 1 unspecified atom stereocenters. The lowest BCUT2D eigenvalue weighted by atomic mass is 10.0. The van der Waals surface area contributed by atoms with Gasteiger partial charge >= 0.3 is 0 Å². The maximum atomic E-state index is 13.3. The normalized spacial score (nSPS) is 18.9. The molecule has 0 bridgehead atoms. The highest BCUT2D eigenvalue weighted by atomic mass is 32.1. The minimum Gasteiger partial charge on any atom is -0.463 e. The zero-order chi connectivity index (χ0) is 18.9. The zero-order valence-corrected chi connectivity index (χ0v) is 16.3. The van der Waals surface area contributed by atoms with Crippen molar-refractivity contribution in [2.24, 2.45) is 5.10 Å². The molecular formula is C22H21N3O2S. The number of aryl methyl sites for hydroxylation is 1. The molecule has 3 aromatic rings. The first kappa shape index (κ1) is 17.3. The molecule has 0 aliphatic carbocycles. The van der Waals surface area contributed by atoms with E-state index in [0.29, 0.717) is 13.0 Å². The summed E-state index contributed by atoms with van der Waals surface area (Å²) in [5, 5.41) is 8.39. The van der Waals surface area contributed by atoms with Crippen LogP contribution in [0.3, 0.4) is 0 Å². The molecule has 4 heterocycles. The second-order valence-electron chi connectivity index (χ2n) is 7.15. The quantitative estimate of drug-likeness (QED) is 0.659. The first-order valence-electron chi connectivity index (χ1n) is 9.59. The fraction of sp³-hybridized carbons (Fsp3) is 0.273. The molecular weight excluding hydrogens is 370 g/mol. The van der Waals surface area contributed by atoms with Gasteiger partial charge < -0.3 is 9.32 Å². The number of rotatable bonds is 4. The maximum Gasteiger partial charge on any atom is 0.262 e. The van der Waals surface area contributed by atoms with Crippen LogP contribution in [0.25, 0.3) is 0 Å². The van der Waals surface area contributed by atoms with E-state index in [1.807, 2.05) is 29.6 Å². The maximum absolute atomic E-state index is 13.3. The third-order valence-corrected chi connectivity index (χ3v) is 6.35. The van der Waals surface area contributed by atoms with Crippen molar-refractivity contribution in [1.29, 1.82) is 0 Å². The molecule has 0 fully saturated rings. The molecule has 28 heavy (non-hydrogen) atoms. The molecule has 2 aliphatic rings. The highest BCUT2D eigenvalue weighted by molar-refractivity contribution is 7.10. The van der Waals surface area contributed by atoms with E-state index >= 15 is 0 Å². The average Bonchev–Trinajstić information content (AvgIpc) is 3.49. The minimum atomic E-state index is -0.0624. The first-order chi connectivity index (χ1) is 13.8. The van der Waals surface area contributed by atoms with E-state index in [1.165, 1.54) is 11.3 Å². The van der Waals surface area contributed by atoms with Crippen LogP contribution in [0.5, 0.6) is 0 Å². The van der Waals surface area contributed by atoms with E-state index in [9.17, 15) is 4.79 Å². The Morgan fingerprint density at radius 3 is 2.93 bits per heavy atom. The number of carbonyl (C=O) groups excluding carboxylic acids is 1. The van der Waals surface area contributed by atoms with E-state index in [-0.39, 0.29) is 11.9 Å². The second-order valence-corrected chi connectivity index (χ2v) is 8.13. The van der Waals surface area contributed by atoms with Crippen LogP contribution in [0.4, 0.5) is 5.69 Å². The van der Waals surface area contributed by atoms with Gasteiger partial charge in [0.15, 0.2) is 0 Å². The van der Waals surface area contributed by atoms with E-state index < -0.39 is 0 Å². The van der Waals surface area contributed by atoms with E-state index in [1.54, 1.807) is 22.6 Å². The Balaban J connectivity index is 1.42. The van der Waals surface area contributed by atoms with Gasteiger partial charge in [0, 0.05) is 23.5 Å². The zero-order valence-electron chi connectivity index (χ0n) is 15.5. The minimum absolute atomic E-state index is 0.0247. The summed E-state index contributed by atoms with van der Waals surface area (Å²) in [5.41, 5.74) is 3.32. The topological polar surface area (TPSA) is 49.1 Å². The number of furan rings is 1. The van der Waals surface area contributed by atoms with Crippen molar-refractivity contribution in [2.45, 2.75) is 25.3 Å². The van der Waals surface area contributed by atoms with Gasteiger partial charge in [-0.25, -0.2) is 5.01 Å². The van der Waals surface area contributed by atoms with Crippen molar-refractivity contribution in [3.8, 4) is 0 Å². The van der Waals surface area contributed by atoms with Crippen LogP contribution in [-0.2, 0) is 11.2 Å². The van der Waals surface area contributed by atoms with Crippen molar-refractivity contribution >= 4 is 28.6 Å². The average molecular weight is 391 g/mol. The molecule has 1 amide bonds. The number of benzene rings is 1. The molecule has 0 N–H and O–H groups in total. The van der Waals surface area contributed by atoms with Gasteiger partial charge in [0.05, 0.1) is 18.8 Å². The Hall–Kier alpha value is -2.86. The molecule has 1 atom stereocenters. The highest BCUT2D eigenvalue weighted by Gasteiger charge is 2.35. The number of amides is 1. The van der Waals surface area contributed by atoms with Gasteiger partial charge in [-0.3, -0.25) is 4.79 Å². The number of carbonyl (C=O) groups is 1. The summed E-state index contributed by atoms with van der Waals surface area (Å²) in [6.45, 7) is 1.24. The van der Waals surface area contributed by atoms with E-state index in [4.69, 9.17) is 4.42 Å². The number of anilines is 1. The molecule has 142 valence electrons. The number of hydrogen-bond donors (Lipinski definition) is 0. The summed E-state index contributed by atoms with van der Waals surface area (Å²) in [4.78, 5) is 16.6. The van der Waals surface area contributed by atoms with Crippen molar-refractivity contribution in [3.63, 3.8) is 0 Å². The van der Waals surface area contributed by atoms with Crippen LogP contribution in [0, 0.1) is 0 Å². The Morgan fingerprint density at radius 2 is 2.11 bits per heavy atom. The summed E-state index contributed by atoms with van der Waals surface area (Å²) < 4.78 is 5.53. The number of fused-ring (bicyclic) bond motifs is 1. The molecule has 5 nitrogen and oxygen atoms in total. The molecule has 6 heteroatoms. The fourth-order valence-electron chi connectivity index (χ4n) is 4.05. The summed E-state index contributed by atoms with van der Waals surface area (Å²) in [6, 6.07) is 16.2. The van der Waals surface area contributed by atoms with E-state index in [2.05, 4.69) is 34.3 Å². The lowest BCUT2D eigenvalue weighted by Crippen LogP contribution is -2.40. The number of nitrogens with zero attached hydrogens (tertiary/aromatic N) is 3. The standard InChI is InChI=1S/C22H21N3O2S/c26-22(15-24-11-3-7-16-6-1-2-8-18(16)24)25-19(21-10-5-13-28-21)14-17(23-25)20-9-4-12-27-20/h1-2,4-6,8-10,12-13,19H,3,7,11,14-15H2. The number of hydrogen-bond acceptors (Lipinski definition) is 5. The van der Waals surface area contributed by atoms with Crippen LogP contribution in [0.15, 0.2) is 69.7 Å². The summed E-state index contributed by atoms with van der Waals surface area (Å²) in [5.74, 6) is 0.761. The Kier molecular flexibility index (Phi) is 4.49. The Bertz CT molecular complexity index is 995. The van der Waals surface area contributed by atoms with Gasteiger partial charge in [-0.1, -0.05) is 24.3 Å². The Morgan fingerprint density at radius 1 is 1.18 bits per heavy atom. The van der Waals surface area contributed by atoms with Crippen molar-refractivity contribution < 1.29 is 9.21 Å². The third-order valence-electron chi connectivity index (χ3n) is 5.38. The van der Waals surface area contributed by atoms with Crippen LogP contribution in [-0.4, -0.2) is 29.7 Å². The molecule has 1 aromatic carbocycles. The van der Waals surface area contributed by atoms with Crippen molar-refractivity contribution in [3.05, 3.63) is 76.4 Å². The molecule has 0 radical (unpaired) electrons. The van der Waals surface area contributed by atoms with Gasteiger partial charge in [0.1, 0.15) is 11.5 Å². The van der Waals surface area contributed by atoms with Crippen LogP contribution >= 0.6 is 11.3 Å². The van der Waals surface area contributed by atoms with Gasteiger partial charge in [0.25, 0.3) is 5.91 Å². The third kappa shape index (κ3) is 3.14. The number of para-hydroxylation sites is 1. The SMILES string of the molecule is O=C(CN1CCCc2ccccc21)N1N=C(c2ccco2)CC1c1cccs1. The monoisotopic (exact) mass is 391 g/mol. The number of hydrazone groups is 1. The lowest BCUT2D eigenvalue weighted by Gasteiger charge is -2.32. The molecule has 2 aromatic heterocycles. The molecule has 0 spiro atoms. The fourth-order valence-corrected chi connectivity index (χ4v) is 4.86. The molecule has 5 rings (SSSR count). The summed E-state index contributed by atoms with van der Waals surface area (Å²) in [7, 11) is 0. The van der Waals surface area contributed by atoms with Crippen LogP contribution < -0.4 is 4.90 Å². The lowest BCUT2D eigenvalue weighted by molar-refractivity contribution is -0.131. The van der Waals surface area contributed by atoms with Gasteiger partial charge in [-0.05, 0) is 48.1 Å². The Labute approximate surface area is 167 Å². The predicted octanol–water partition coefficient (Wildman–Crippen LogP) is 4.47. The van der Waals surface area contributed by atoms with Crippen molar-refractivity contribution in [1.82, 2.24) is 5.01 Å².